The lowest BCUT2D eigenvalue weighted by atomic mass is 10.1. The minimum absolute atomic E-state index is 0.0204. The molecule has 0 bridgehead atoms. The van der Waals surface area contributed by atoms with Crippen LogP contribution in [0.5, 0.6) is 11.5 Å². The fraction of sp³-hybridized carbons (Fsp3) is 0.200. The Balaban J connectivity index is 1.88. The second-order valence-corrected chi connectivity index (χ2v) is 8.11. The van der Waals surface area contributed by atoms with Crippen LogP contribution in [0.25, 0.3) is 16.8 Å². The molecule has 31 heavy (non-hydrogen) atoms. The summed E-state index contributed by atoms with van der Waals surface area (Å²) in [5.74, 6) is 0.643. The zero-order valence-corrected chi connectivity index (χ0v) is 19.2. The zero-order chi connectivity index (χ0) is 22.4. The molecular formula is C25H23BrN2O3. The summed E-state index contributed by atoms with van der Waals surface area (Å²) in [5.41, 5.74) is 1.73. The average molecular weight is 479 g/mol. The van der Waals surface area contributed by atoms with E-state index in [-0.39, 0.29) is 11.6 Å². The second-order valence-electron chi connectivity index (χ2n) is 7.26. The maximum atomic E-state index is 12.2. The summed E-state index contributed by atoms with van der Waals surface area (Å²) in [6.45, 7) is 4.05. The zero-order valence-electron chi connectivity index (χ0n) is 17.6. The summed E-state index contributed by atoms with van der Waals surface area (Å²) >= 11 is 3.53. The smallest absolute Gasteiger partial charge is 0.262 e. The largest absolute Gasteiger partial charge is 0.493 e. The normalized spacial score (nSPS) is 11.3. The van der Waals surface area contributed by atoms with Crippen LogP contribution >= 0.6 is 15.9 Å². The third kappa shape index (κ3) is 5.44. The van der Waals surface area contributed by atoms with Gasteiger partial charge in [0.05, 0.1) is 11.6 Å². The average Bonchev–Trinajstić information content (AvgIpc) is 2.75. The molecule has 1 amide bonds. The van der Waals surface area contributed by atoms with Gasteiger partial charge < -0.3 is 14.8 Å². The molecule has 0 saturated heterocycles. The summed E-state index contributed by atoms with van der Waals surface area (Å²) < 4.78 is 12.3. The second kappa shape index (κ2) is 10.1. The molecule has 0 aliphatic heterocycles. The number of nitrogens with zero attached hydrogens (tertiary/aromatic N) is 1. The Kier molecular flexibility index (Phi) is 7.32. The van der Waals surface area contributed by atoms with Crippen LogP contribution in [0.4, 0.5) is 0 Å². The number of rotatable bonds is 7. The van der Waals surface area contributed by atoms with Gasteiger partial charge >= 0.3 is 0 Å². The maximum absolute atomic E-state index is 12.2. The molecule has 0 unspecified atom stereocenters. The summed E-state index contributed by atoms with van der Waals surface area (Å²) in [6.07, 6.45) is 1.53. The highest BCUT2D eigenvalue weighted by molar-refractivity contribution is 9.10. The number of nitrogens with one attached hydrogen (secondary N) is 1. The predicted octanol–water partition coefficient (Wildman–Crippen LogP) is 5.62. The Hall–Kier alpha value is -3.30. The highest BCUT2D eigenvalue weighted by atomic mass is 79.9. The molecule has 0 aliphatic rings. The minimum atomic E-state index is -0.413. The van der Waals surface area contributed by atoms with E-state index in [1.165, 1.54) is 6.08 Å². The summed E-state index contributed by atoms with van der Waals surface area (Å²) in [7, 11) is 1.55. The number of halogens is 1. The van der Waals surface area contributed by atoms with E-state index in [0.29, 0.717) is 28.1 Å². The summed E-state index contributed by atoms with van der Waals surface area (Å²) in [5, 5.41) is 14.4. The number of carbonyl (C=O) groups excluding carboxylic acids is 1. The van der Waals surface area contributed by atoms with Crippen molar-refractivity contribution in [2.75, 3.05) is 7.11 Å². The fourth-order valence-corrected chi connectivity index (χ4v) is 3.76. The van der Waals surface area contributed by atoms with Gasteiger partial charge in [0.2, 0.25) is 0 Å². The van der Waals surface area contributed by atoms with E-state index in [1.807, 2.05) is 44.2 Å². The lowest BCUT2D eigenvalue weighted by Gasteiger charge is -2.15. The first-order valence-electron chi connectivity index (χ1n) is 9.82. The van der Waals surface area contributed by atoms with E-state index in [0.717, 1.165) is 16.3 Å². The molecule has 3 aromatic carbocycles. The topological polar surface area (TPSA) is 71.3 Å². The standard InChI is InChI=1S/C25H23BrN2O3/c1-16(2)28-25(29)20(14-27)11-17-12-22(26)24(23(13-17)30-3)31-15-19-9-6-8-18-7-4-5-10-21(18)19/h4-13,16H,15H2,1-3H3,(H,28,29)/b20-11+. The Morgan fingerprint density at radius 3 is 2.65 bits per heavy atom. The number of nitriles is 1. The highest BCUT2D eigenvalue weighted by Gasteiger charge is 2.15. The van der Waals surface area contributed by atoms with E-state index in [2.05, 4.69) is 39.4 Å². The quantitative estimate of drug-likeness (QED) is 0.353. The Morgan fingerprint density at radius 2 is 1.94 bits per heavy atom. The van der Waals surface area contributed by atoms with E-state index >= 15 is 0 Å². The van der Waals surface area contributed by atoms with Crippen molar-refractivity contribution in [3.8, 4) is 17.6 Å². The first-order chi connectivity index (χ1) is 14.9. The first-order valence-corrected chi connectivity index (χ1v) is 10.6. The van der Waals surface area contributed by atoms with Crippen LogP contribution < -0.4 is 14.8 Å². The number of fused-ring (bicyclic) bond motifs is 1. The van der Waals surface area contributed by atoms with Crippen LogP contribution in [-0.4, -0.2) is 19.1 Å². The predicted molar refractivity (Wildman–Crippen MR) is 126 cm³/mol. The molecule has 5 nitrogen and oxygen atoms in total. The van der Waals surface area contributed by atoms with Crippen LogP contribution in [0.3, 0.4) is 0 Å². The molecule has 3 aromatic rings. The van der Waals surface area contributed by atoms with Crippen molar-refractivity contribution in [2.24, 2.45) is 0 Å². The first kappa shape index (κ1) is 22.4. The molecule has 0 fully saturated rings. The van der Waals surface area contributed by atoms with Gasteiger partial charge in [-0.05, 0) is 69.9 Å². The van der Waals surface area contributed by atoms with Crippen molar-refractivity contribution in [3.05, 3.63) is 75.8 Å². The van der Waals surface area contributed by atoms with Gasteiger partial charge in [-0.3, -0.25) is 4.79 Å². The monoisotopic (exact) mass is 478 g/mol. The van der Waals surface area contributed by atoms with Crippen molar-refractivity contribution < 1.29 is 14.3 Å². The number of amides is 1. The Labute approximate surface area is 190 Å². The van der Waals surface area contributed by atoms with Gasteiger partial charge in [0, 0.05) is 6.04 Å². The SMILES string of the molecule is COc1cc(/C=C(\C#N)C(=O)NC(C)C)cc(Br)c1OCc1cccc2ccccc12. The van der Waals surface area contributed by atoms with Crippen molar-refractivity contribution in [3.63, 3.8) is 0 Å². The van der Waals surface area contributed by atoms with Gasteiger partial charge in [0.1, 0.15) is 18.2 Å². The van der Waals surface area contributed by atoms with E-state index in [9.17, 15) is 10.1 Å². The van der Waals surface area contributed by atoms with Gasteiger partial charge in [-0.2, -0.15) is 5.26 Å². The third-order valence-electron chi connectivity index (χ3n) is 4.60. The molecule has 0 atom stereocenters. The van der Waals surface area contributed by atoms with Crippen molar-refractivity contribution >= 4 is 38.7 Å². The molecule has 3 rings (SSSR count). The van der Waals surface area contributed by atoms with Crippen LogP contribution in [0.1, 0.15) is 25.0 Å². The minimum Gasteiger partial charge on any atom is -0.493 e. The number of ether oxygens (including phenoxy) is 2. The molecule has 0 radical (unpaired) electrons. The summed E-state index contributed by atoms with van der Waals surface area (Å²) in [4.78, 5) is 12.2. The molecule has 0 aromatic heterocycles. The van der Waals surface area contributed by atoms with Gasteiger partial charge in [-0.25, -0.2) is 0 Å². The highest BCUT2D eigenvalue weighted by Crippen LogP contribution is 2.38. The molecular weight excluding hydrogens is 456 g/mol. The van der Waals surface area contributed by atoms with Crippen molar-refractivity contribution in [1.29, 1.82) is 5.26 Å². The van der Waals surface area contributed by atoms with Gasteiger partial charge in [0.25, 0.3) is 5.91 Å². The van der Waals surface area contributed by atoms with Crippen molar-refractivity contribution in [1.82, 2.24) is 5.32 Å². The van der Waals surface area contributed by atoms with E-state index in [4.69, 9.17) is 9.47 Å². The van der Waals surface area contributed by atoms with Crippen LogP contribution in [0, 0.1) is 11.3 Å². The number of carbonyl (C=O) groups is 1. The molecule has 1 N–H and O–H groups in total. The lowest BCUT2D eigenvalue weighted by Crippen LogP contribution is -2.30. The van der Waals surface area contributed by atoms with Gasteiger partial charge in [0.15, 0.2) is 11.5 Å². The Morgan fingerprint density at radius 1 is 1.19 bits per heavy atom. The maximum Gasteiger partial charge on any atom is 0.262 e. The van der Waals surface area contributed by atoms with E-state index in [1.54, 1.807) is 19.2 Å². The number of benzene rings is 3. The lowest BCUT2D eigenvalue weighted by molar-refractivity contribution is -0.117. The molecule has 6 heteroatoms. The van der Waals surface area contributed by atoms with Crippen LogP contribution in [0.2, 0.25) is 0 Å². The molecule has 0 spiro atoms. The third-order valence-corrected chi connectivity index (χ3v) is 5.19. The number of methoxy groups -OCH3 is 1. The van der Waals surface area contributed by atoms with Crippen molar-refractivity contribution in [2.45, 2.75) is 26.5 Å². The summed E-state index contributed by atoms with van der Waals surface area (Å²) in [6, 6.07) is 19.7. The molecule has 158 valence electrons. The molecule has 0 heterocycles. The molecule has 0 saturated carbocycles. The fourth-order valence-electron chi connectivity index (χ4n) is 3.19. The van der Waals surface area contributed by atoms with Crippen LogP contribution in [-0.2, 0) is 11.4 Å². The Bertz CT molecular complexity index is 1170. The number of hydrogen-bond acceptors (Lipinski definition) is 4. The number of hydrogen-bond donors (Lipinski definition) is 1. The van der Waals surface area contributed by atoms with E-state index < -0.39 is 5.91 Å². The van der Waals surface area contributed by atoms with Gasteiger partial charge in [-0.1, -0.05) is 42.5 Å². The van der Waals surface area contributed by atoms with Crippen LogP contribution in [0.15, 0.2) is 64.6 Å². The molecule has 0 aliphatic carbocycles. The van der Waals surface area contributed by atoms with Gasteiger partial charge in [-0.15, -0.1) is 0 Å².